The van der Waals surface area contributed by atoms with E-state index in [0.29, 0.717) is 30.3 Å². The Kier molecular flexibility index (Phi) is 4.79. The van der Waals surface area contributed by atoms with Gasteiger partial charge in [-0.3, -0.25) is 9.59 Å². The fraction of sp³-hybridized carbons (Fsp3) is 0.421. The Labute approximate surface area is 141 Å². The molecule has 126 valence electrons. The molecule has 1 aromatic heterocycles. The van der Waals surface area contributed by atoms with E-state index in [-0.39, 0.29) is 11.5 Å². The zero-order chi connectivity index (χ0) is 17.1. The Morgan fingerprint density at radius 2 is 1.96 bits per heavy atom. The lowest BCUT2D eigenvalue weighted by Gasteiger charge is -2.32. The number of hydrogen-bond donors (Lipinski definition) is 1. The SMILES string of the molecule is Cc1n[nH]c(=O)c(C(=O)N(Cc2ccccc2)CC2CCC2)c1C. The number of benzene rings is 1. The number of nitrogens with zero attached hydrogens (tertiary/aromatic N) is 2. The molecule has 2 aromatic rings. The van der Waals surface area contributed by atoms with Crippen molar-refractivity contribution in [1.29, 1.82) is 0 Å². The topological polar surface area (TPSA) is 66.1 Å². The zero-order valence-corrected chi connectivity index (χ0v) is 14.2. The molecule has 5 nitrogen and oxygen atoms in total. The number of carbonyl (C=O) groups is 1. The van der Waals surface area contributed by atoms with E-state index in [4.69, 9.17) is 0 Å². The van der Waals surface area contributed by atoms with Crippen LogP contribution in [0.3, 0.4) is 0 Å². The maximum Gasteiger partial charge on any atom is 0.277 e. The summed E-state index contributed by atoms with van der Waals surface area (Å²) in [5.74, 6) is 0.343. The molecule has 1 aliphatic carbocycles. The lowest BCUT2D eigenvalue weighted by molar-refractivity contribution is 0.0676. The van der Waals surface area contributed by atoms with Crippen molar-refractivity contribution in [2.45, 2.75) is 39.7 Å². The minimum atomic E-state index is -0.408. The van der Waals surface area contributed by atoms with Gasteiger partial charge in [-0.2, -0.15) is 5.10 Å². The average Bonchev–Trinajstić information content (AvgIpc) is 2.54. The molecule has 0 spiro atoms. The molecule has 1 N–H and O–H groups in total. The highest BCUT2D eigenvalue weighted by molar-refractivity contribution is 5.95. The molecule has 0 saturated heterocycles. The Morgan fingerprint density at radius 1 is 1.25 bits per heavy atom. The van der Waals surface area contributed by atoms with E-state index < -0.39 is 5.56 Å². The largest absolute Gasteiger partial charge is 0.334 e. The van der Waals surface area contributed by atoms with Crippen LogP contribution in [0.1, 0.15) is 46.4 Å². The Morgan fingerprint density at radius 3 is 2.58 bits per heavy atom. The molecule has 0 atom stereocenters. The molecule has 1 saturated carbocycles. The van der Waals surface area contributed by atoms with Gasteiger partial charge in [-0.25, -0.2) is 5.10 Å². The van der Waals surface area contributed by atoms with Crippen LogP contribution in [0.2, 0.25) is 0 Å². The van der Waals surface area contributed by atoms with Crippen LogP contribution in [-0.4, -0.2) is 27.5 Å². The first kappa shape index (κ1) is 16.4. The molecule has 1 heterocycles. The van der Waals surface area contributed by atoms with E-state index in [0.717, 1.165) is 18.4 Å². The molecule has 24 heavy (non-hydrogen) atoms. The van der Waals surface area contributed by atoms with Crippen molar-refractivity contribution in [3.8, 4) is 0 Å². The summed E-state index contributed by atoms with van der Waals surface area (Å²) in [4.78, 5) is 27.1. The number of hydrogen-bond acceptors (Lipinski definition) is 3. The van der Waals surface area contributed by atoms with Crippen LogP contribution in [0.25, 0.3) is 0 Å². The summed E-state index contributed by atoms with van der Waals surface area (Å²) < 4.78 is 0. The molecule has 0 radical (unpaired) electrons. The van der Waals surface area contributed by atoms with Gasteiger partial charge in [0.2, 0.25) is 0 Å². The molecule has 1 aromatic carbocycles. The number of nitrogens with one attached hydrogen (secondary N) is 1. The van der Waals surface area contributed by atoms with Crippen LogP contribution in [0.4, 0.5) is 0 Å². The van der Waals surface area contributed by atoms with Crippen LogP contribution in [-0.2, 0) is 6.54 Å². The summed E-state index contributed by atoms with van der Waals surface area (Å²) >= 11 is 0. The highest BCUT2D eigenvalue weighted by Crippen LogP contribution is 2.28. The van der Waals surface area contributed by atoms with Gasteiger partial charge in [-0.05, 0) is 43.7 Å². The molecule has 0 aliphatic heterocycles. The van der Waals surface area contributed by atoms with Gasteiger partial charge in [0.05, 0.1) is 5.69 Å². The molecule has 0 unspecified atom stereocenters. The monoisotopic (exact) mass is 325 g/mol. The predicted molar refractivity (Wildman–Crippen MR) is 92.9 cm³/mol. The van der Waals surface area contributed by atoms with Gasteiger partial charge in [0.1, 0.15) is 5.56 Å². The summed E-state index contributed by atoms with van der Waals surface area (Å²) in [5, 5.41) is 6.38. The quantitative estimate of drug-likeness (QED) is 0.919. The van der Waals surface area contributed by atoms with Crippen LogP contribution >= 0.6 is 0 Å². The number of carbonyl (C=O) groups excluding carboxylic acids is 1. The van der Waals surface area contributed by atoms with Gasteiger partial charge < -0.3 is 4.90 Å². The minimum absolute atomic E-state index is 0.199. The number of aryl methyl sites for hydroxylation is 1. The summed E-state index contributed by atoms with van der Waals surface area (Å²) in [6.07, 6.45) is 3.54. The number of amides is 1. The molecule has 5 heteroatoms. The van der Waals surface area contributed by atoms with Crippen LogP contribution in [0.5, 0.6) is 0 Å². The van der Waals surface area contributed by atoms with Crippen LogP contribution < -0.4 is 5.56 Å². The summed E-state index contributed by atoms with van der Waals surface area (Å²) in [6, 6.07) is 9.92. The van der Waals surface area contributed by atoms with Crippen molar-refractivity contribution in [1.82, 2.24) is 15.1 Å². The lowest BCUT2D eigenvalue weighted by Crippen LogP contribution is -2.40. The van der Waals surface area contributed by atoms with E-state index in [1.807, 2.05) is 35.2 Å². The van der Waals surface area contributed by atoms with Crippen molar-refractivity contribution in [2.24, 2.45) is 5.92 Å². The lowest BCUT2D eigenvalue weighted by atomic mass is 9.85. The van der Waals surface area contributed by atoms with Crippen molar-refractivity contribution in [3.05, 3.63) is 63.1 Å². The summed E-state index contributed by atoms with van der Waals surface area (Å²) in [7, 11) is 0. The maximum absolute atomic E-state index is 13.1. The van der Waals surface area contributed by atoms with Gasteiger partial charge in [-0.15, -0.1) is 0 Å². The van der Waals surface area contributed by atoms with Crippen LogP contribution in [0, 0.1) is 19.8 Å². The number of aromatic amines is 1. The van der Waals surface area contributed by atoms with Gasteiger partial charge in [0.25, 0.3) is 11.5 Å². The third-order valence-corrected chi connectivity index (χ3v) is 4.89. The second-order valence-corrected chi connectivity index (χ2v) is 6.61. The van der Waals surface area contributed by atoms with Gasteiger partial charge in [0.15, 0.2) is 0 Å². The van der Waals surface area contributed by atoms with E-state index in [9.17, 15) is 9.59 Å². The fourth-order valence-corrected chi connectivity index (χ4v) is 3.05. The average molecular weight is 325 g/mol. The maximum atomic E-state index is 13.1. The molecule has 0 bridgehead atoms. The van der Waals surface area contributed by atoms with Crippen molar-refractivity contribution in [2.75, 3.05) is 6.54 Å². The van der Waals surface area contributed by atoms with Crippen molar-refractivity contribution in [3.63, 3.8) is 0 Å². The number of rotatable bonds is 5. The zero-order valence-electron chi connectivity index (χ0n) is 14.2. The Hall–Kier alpha value is -2.43. The van der Waals surface area contributed by atoms with Crippen molar-refractivity contribution >= 4 is 5.91 Å². The molecule has 3 rings (SSSR count). The second-order valence-electron chi connectivity index (χ2n) is 6.61. The van der Waals surface area contributed by atoms with E-state index in [2.05, 4.69) is 10.2 Å². The summed E-state index contributed by atoms with van der Waals surface area (Å²) in [5.41, 5.74) is 2.23. The minimum Gasteiger partial charge on any atom is -0.334 e. The fourth-order valence-electron chi connectivity index (χ4n) is 3.05. The first-order valence-corrected chi connectivity index (χ1v) is 8.45. The molecule has 1 aliphatic rings. The standard InChI is InChI=1S/C19H23N3O2/c1-13-14(2)20-21-18(23)17(13)19(24)22(12-16-9-6-10-16)11-15-7-4-3-5-8-15/h3-5,7-8,16H,6,9-12H2,1-2H3,(H,21,23). The van der Waals surface area contributed by atoms with E-state index >= 15 is 0 Å². The molecular weight excluding hydrogens is 302 g/mol. The van der Waals surface area contributed by atoms with Gasteiger partial charge >= 0.3 is 0 Å². The molecular formula is C19H23N3O2. The normalized spacial score (nSPS) is 14.2. The van der Waals surface area contributed by atoms with Crippen molar-refractivity contribution < 1.29 is 4.79 Å². The van der Waals surface area contributed by atoms with Crippen LogP contribution in [0.15, 0.2) is 35.1 Å². The van der Waals surface area contributed by atoms with Gasteiger partial charge in [-0.1, -0.05) is 36.8 Å². The van der Waals surface area contributed by atoms with E-state index in [1.54, 1.807) is 13.8 Å². The first-order chi connectivity index (χ1) is 11.6. The second kappa shape index (κ2) is 6.99. The summed E-state index contributed by atoms with van der Waals surface area (Å²) in [6.45, 7) is 4.81. The number of H-pyrrole nitrogens is 1. The first-order valence-electron chi connectivity index (χ1n) is 8.45. The predicted octanol–water partition coefficient (Wildman–Crippen LogP) is 2.83. The Bertz CT molecular complexity index is 779. The highest BCUT2D eigenvalue weighted by atomic mass is 16.2. The number of aromatic nitrogens is 2. The molecule has 1 fully saturated rings. The third-order valence-electron chi connectivity index (χ3n) is 4.89. The smallest absolute Gasteiger partial charge is 0.277 e. The van der Waals surface area contributed by atoms with E-state index in [1.165, 1.54) is 6.42 Å². The molecule has 1 amide bonds. The third kappa shape index (κ3) is 3.40. The highest BCUT2D eigenvalue weighted by Gasteiger charge is 2.27. The Balaban J connectivity index is 1.91. The van der Waals surface area contributed by atoms with Gasteiger partial charge in [0, 0.05) is 13.1 Å².